The van der Waals surface area contributed by atoms with Crippen molar-refractivity contribution in [3.8, 4) is 0 Å². The first kappa shape index (κ1) is 8.65. The van der Waals surface area contributed by atoms with Crippen LogP contribution in [0.5, 0.6) is 0 Å². The maximum absolute atomic E-state index is 10.2. The minimum atomic E-state index is 0.480. The summed E-state index contributed by atoms with van der Waals surface area (Å²) >= 11 is 0. The molecule has 12 heavy (non-hydrogen) atoms. The third-order valence-corrected chi connectivity index (χ3v) is 1.52. The molecule has 0 N–H and O–H groups in total. The number of nitroso groups, excluding NO2 is 1. The van der Waals surface area contributed by atoms with E-state index < -0.39 is 0 Å². The van der Waals surface area contributed by atoms with E-state index in [4.69, 9.17) is 0 Å². The quantitative estimate of drug-likeness (QED) is 0.624. The van der Waals surface area contributed by atoms with Gasteiger partial charge in [0.05, 0.1) is 0 Å². The van der Waals surface area contributed by atoms with E-state index in [1.54, 1.807) is 12.1 Å². The Morgan fingerprint density at radius 1 is 1.50 bits per heavy atom. The molecule has 0 aliphatic heterocycles. The van der Waals surface area contributed by atoms with Crippen LogP contribution in [0.25, 0.3) is 6.08 Å². The van der Waals surface area contributed by atoms with Crippen LogP contribution in [-0.2, 0) is 0 Å². The highest BCUT2D eigenvalue weighted by Crippen LogP contribution is 2.14. The zero-order valence-corrected chi connectivity index (χ0v) is 7.03. The molecule has 0 aliphatic carbocycles. The fourth-order valence-corrected chi connectivity index (χ4v) is 0.939. The predicted octanol–water partition coefficient (Wildman–Crippen LogP) is 3.51. The molecule has 0 spiro atoms. The van der Waals surface area contributed by atoms with Crippen LogP contribution in [0, 0.1) is 4.91 Å². The van der Waals surface area contributed by atoms with Crippen LogP contribution in [0.1, 0.15) is 18.9 Å². The van der Waals surface area contributed by atoms with Gasteiger partial charge in [0, 0.05) is 0 Å². The number of allylic oxidation sites excluding steroid dienone is 1. The van der Waals surface area contributed by atoms with Crippen LogP contribution in [0.4, 0.5) is 5.69 Å². The molecule has 0 bridgehead atoms. The van der Waals surface area contributed by atoms with Gasteiger partial charge in [0.25, 0.3) is 0 Å². The first-order chi connectivity index (χ1) is 5.86. The van der Waals surface area contributed by atoms with Gasteiger partial charge in [0.15, 0.2) is 0 Å². The van der Waals surface area contributed by atoms with E-state index >= 15 is 0 Å². The van der Waals surface area contributed by atoms with Crippen molar-refractivity contribution in [3.63, 3.8) is 0 Å². The first-order valence-corrected chi connectivity index (χ1v) is 3.96. The molecule has 0 saturated heterocycles. The van der Waals surface area contributed by atoms with E-state index in [9.17, 15) is 4.91 Å². The molecule has 1 aromatic carbocycles. The molecule has 0 atom stereocenters. The van der Waals surface area contributed by atoms with Crippen molar-refractivity contribution in [1.82, 2.24) is 0 Å². The topological polar surface area (TPSA) is 29.4 Å². The molecule has 2 nitrogen and oxygen atoms in total. The normalized spacial score (nSPS) is 10.4. The van der Waals surface area contributed by atoms with Crippen molar-refractivity contribution in [2.45, 2.75) is 13.3 Å². The standard InChI is InChI=1S/C10H11NO/c1-2-3-5-9-6-4-7-10(8-9)11-12/h3-8H,2H2,1H3. The van der Waals surface area contributed by atoms with Crippen molar-refractivity contribution in [1.29, 1.82) is 0 Å². The molecular formula is C10H11NO. The summed E-state index contributed by atoms with van der Waals surface area (Å²) in [6, 6.07) is 7.22. The summed E-state index contributed by atoms with van der Waals surface area (Å²) in [5.41, 5.74) is 1.50. The highest BCUT2D eigenvalue weighted by molar-refractivity contribution is 5.54. The molecule has 1 aromatic rings. The van der Waals surface area contributed by atoms with Gasteiger partial charge < -0.3 is 0 Å². The molecule has 62 valence electrons. The van der Waals surface area contributed by atoms with Gasteiger partial charge in [-0.3, -0.25) is 0 Å². The average molecular weight is 161 g/mol. The second kappa shape index (κ2) is 4.44. The van der Waals surface area contributed by atoms with Gasteiger partial charge in [0.2, 0.25) is 0 Å². The second-order valence-corrected chi connectivity index (χ2v) is 2.50. The Kier molecular flexibility index (Phi) is 3.20. The largest absolute Gasteiger partial charge is 0.145 e. The SMILES string of the molecule is CCC=Cc1cccc(N=O)c1. The predicted molar refractivity (Wildman–Crippen MR) is 51.2 cm³/mol. The smallest absolute Gasteiger partial charge is 0.108 e. The van der Waals surface area contributed by atoms with E-state index in [0.717, 1.165) is 12.0 Å². The molecule has 0 saturated carbocycles. The Morgan fingerprint density at radius 3 is 3.00 bits per heavy atom. The summed E-state index contributed by atoms with van der Waals surface area (Å²) in [7, 11) is 0. The Labute approximate surface area is 71.9 Å². The minimum absolute atomic E-state index is 0.480. The van der Waals surface area contributed by atoms with E-state index in [2.05, 4.69) is 12.1 Å². The van der Waals surface area contributed by atoms with E-state index in [0.29, 0.717) is 5.69 Å². The summed E-state index contributed by atoms with van der Waals surface area (Å²) in [6.07, 6.45) is 5.03. The molecule has 0 heterocycles. The zero-order valence-electron chi connectivity index (χ0n) is 7.03. The van der Waals surface area contributed by atoms with Gasteiger partial charge in [0.1, 0.15) is 5.69 Å². The van der Waals surface area contributed by atoms with Gasteiger partial charge in [-0.25, -0.2) is 0 Å². The summed E-state index contributed by atoms with van der Waals surface area (Å²) < 4.78 is 0. The third-order valence-electron chi connectivity index (χ3n) is 1.52. The molecule has 0 amide bonds. The Morgan fingerprint density at radius 2 is 2.33 bits per heavy atom. The van der Waals surface area contributed by atoms with Gasteiger partial charge >= 0.3 is 0 Å². The van der Waals surface area contributed by atoms with Crippen LogP contribution in [-0.4, -0.2) is 0 Å². The summed E-state index contributed by atoms with van der Waals surface area (Å²) in [6.45, 7) is 2.07. The number of rotatable bonds is 3. The fourth-order valence-electron chi connectivity index (χ4n) is 0.939. The van der Waals surface area contributed by atoms with E-state index in [1.807, 2.05) is 24.3 Å². The highest BCUT2D eigenvalue weighted by atomic mass is 16.3. The third kappa shape index (κ3) is 2.31. The Balaban J connectivity index is 2.86. The fraction of sp³-hybridized carbons (Fsp3) is 0.200. The monoisotopic (exact) mass is 161 g/mol. The number of hydrogen-bond donors (Lipinski definition) is 0. The number of hydrogen-bond acceptors (Lipinski definition) is 2. The molecule has 2 heteroatoms. The zero-order chi connectivity index (χ0) is 8.81. The van der Waals surface area contributed by atoms with E-state index in [1.165, 1.54) is 0 Å². The van der Waals surface area contributed by atoms with Crippen LogP contribution >= 0.6 is 0 Å². The molecule has 1 rings (SSSR count). The lowest BCUT2D eigenvalue weighted by Crippen LogP contribution is -1.69. The maximum atomic E-state index is 10.2. The van der Waals surface area contributed by atoms with Crippen molar-refractivity contribution >= 4 is 11.8 Å². The average Bonchev–Trinajstić information content (AvgIpc) is 2.15. The highest BCUT2D eigenvalue weighted by Gasteiger charge is 1.90. The molecule has 0 fully saturated rings. The lowest BCUT2D eigenvalue weighted by atomic mass is 10.2. The second-order valence-electron chi connectivity index (χ2n) is 2.50. The number of benzene rings is 1. The van der Waals surface area contributed by atoms with Crippen LogP contribution in [0.3, 0.4) is 0 Å². The van der Waals surface area contributed by atoms with Gasteiger partial charge in [-0.15, -0.1) is 4.91 Å². The Hall–Kier alpha value is -1.44. The first-order valence-electron chi connectivity index (χ1n) is 3.96. The Bertz CT molecular complexity index is 292. The summed E-state index contributed by atoms with van der Waals surface area (Å²) in [5, 5.41) is 2.86. The molecule has 0 radical (unpaired) electrons. The van der Waals surface area contributed by atoms with Crippen molar-refractivity contribution in [2.24, 2.45) is 5.18 Å². The molecule has 0 aromatic heterocycles. The summed E-state index contributed by atoms with van der Waals surface area (Å²) in [4.78, 5) is 10.2. The van der Waals surface area contributed by atoms with Crippen molar-refractivity contribution in [2.75, 3.05) is 0 Å². The van der Waals surface area contributed by atoms with Gasteiger partial charge in [-0.1, -0.05) is 31.2 Å². The lowest BCUT2D eigenvalue weighted by Gasteiger charge is -1.92. The maximum Gasteiger partial charge on any atom is 0.108 e. The number of nitrogens with zero attached hydrogens (tertiary/aromatic N) is 1. The summed E-state index contributed by atoms with van der Waals surface area (Å²) in [5.74, 6) is 0. The molecule has 0 aliphatic rings. The van der Waals surface area contributed by atoms with Crippen LogP contribution in [0.15, 0.2) is 35.5 Å². The molecule has 0 unspecified atom stereocenters. The minimum Gasteiger partial charge on any atom is -0.145 e. The van der Waals surface area contributed by atoms with E-state index in [-0.39, 0.29) is 0 Å². The van der Waals surface area contributed by atoms with Crippen LogP contribution < -0.4 is 0 Å². The van der Waals surface area contributed by atoms with Gasteiger partial charge in [-0.05, 0) is 29.3 Å². The van der Waals surface area contributed by atoms with Gasteiger partial charge in [-0.2, -0.15) is 0 Å². The lowest BCUT2D eigenvalue weighted by molar-refractivity contribution is 1.23. The van der Waals surface area contributed by atoms with Crippen molar-refractivity contribution in [3.05, 3.63) is 40.8 Å². The van der Waals surface area contributed by atoms with Crippen LogP contribution in [0.2, 0.25) is 0 Å². The van der Waals surface area contributed by atoms with Crippen molar-refractivity contribution < 1.29 is 0 Å². The molecular weight excluding hydrogens is 150 g/mol.